The van der Waals surface area contributed by atoms with Crippen molar-refractivity contribution in [2.75, 3.05) is 13.2 Å². The van der Waals surface area contributed by atoms with Gasteiger partial charge in [-0.2, -0.15) is 0 Å². The molecule has 1 aliphatic rings. The molecular formula is C12H15BrO2. The number of hydrogen-bond donors (Lipinski definition) is 1. The van der Waals surface area contributed by atoms with E-state index in [0.717, 1.165) is 28.6 Å². The van der Waals surface area contributed by atoms with Crippen LogP contribution in [-0.4, -0.2) is 18.3 Å². The van der Waals surface area contributed by atoms with Crippen molar-refractivity contribution in [3.63, 3.8) is 0 Å². The Morgan fingerprint density at radius 2 is 2.33 bits per heavy atom. The third kappa shape index (κ3) is 2.25. The summed E-state index contributed by atoms with van der Waals surface area (Å²) in [6.45, 7) is 3.47. The SMILES string of the molecule is Cc1c(Br)cccc1C(O)C1CCOC1. The fraction of sp³-hybridized carbons (Fsp3) is 0.500. The van der Waals surface area contributed by atoms with Crippen LogP contribution in [0.25, 0.3) is 0 Å². The molecule has 1 N–H and O–H groups in total. The fourth-order valence-electron chi connectivity index (χ4n) is 2.00. The van der Waals surface area contributed by atoms with Crippen molar-refractivity contribution in [1.82, 2.24) is 0 Å². The van der Waals surface area contributed by atoms with Crippen LogP contribution in [0.1, 0.15) is 23.7 Å². The number of ether oxygens (including phenoxy) is 1. The van der Waals surface area contributed by atoms with E-state index in [9.17, 15) is 5.11 Å². The molecule has 2 unspecified atom stereocenters. The summed E-state index contributed by atoms with van der Waals surface area (Å²) >= 11 is 3.48. The molecule has 2 rings (SSSR count). The molecular weight excluding hydrogens is 256 g/mol. The molecule has 0 aliphatic carbocycles. The van der Waals surface area contributed by atoms with Crippen LogP contribution in [0.4, 0.5) is 0 Å². The second-order valence-corrected chi connectivity index (χ2v) is 4.88. The quantitative estimate of drug-likeness (QED) is 0.896. The first-order valence-electron chi connectivity index (χ1n) is 5.21. The van der Waals surface area contributed by atoms with Crippen molar-refractivity contribution in [2.24, 2.45) is 5.92 Å². The second-order valence-electron chi connectivity index (χ2n) is 4.02. The fourth-order valence-corrected chi connectivity index (χ4v) is 2.38. The number of rotatable bonds is 2. The van der Waals surface area contributed by atoms with E-state index in [0.29, 0.717) is 6.61 Å². The summed E-state index contributed by atoms with van der Waals surface area (Å²) < 4.78 is 6.35. The van der Waals surface area contributed by atoms with Gasteiger partial charge >= 0.3 is 0 Å². The molecule has 1 heterocycles. The molecule has 0 bridgehead atoms. The van der Waals surface area contributed by atoms with Gasteiger partial charge in [0.15, 0.2) is 0 Å². The summed E-state index contributed by atoms with van der Waals surface area (Å²) in [6.07, 6.45) is 0.553. The summed E-state index contributed by atoms with van der Waals surface area (Å²) in [6, 6.07) is 5.95. The summed E-state index contributed by atoms with van der Waals surface area (Å²) in [4.78, 5) is 0. The number of hydrogen-bond acceptors (Lipinski definition) is 2. The Morgan fingerprint density at radius 3 is 3.00 bits per heavy atom. The Balaban J connectivity index is 2.24. The van der Waals surface area contributed by atoms with E-state index in [1.54, 1.807) is 0 Å². The zero-order valence-electron chi connectivity index (χ0n) is 8.74. The summed E-state index contributed by atoms with van der Waals surface area (Å²) in [5.74, 6) is 0.248. The molecule has 3 heteroatoms. The maximum absolute atomic E-state index is 10.2. The normalized spacial score (nSPS) is 23.0. The molecule has 0 spiro atoms. The topological polar surface area (TPSA) is 29.5 Å². The van der Waals surface area contributed by atoms with Crippen molar-refractivity contribution < 1.29 is 9.84 Å². The van der Waals surface area contributed by atoms with Crippen LogP contribution in [0.5, 0.6) is 0 Å². The molecule has 1 aliphatic heterocycles. The van der Waals surface area contributed by atoms with E-state index in [1.807, 2.05) is 25.1 Å². The molecule has 1 saturated heterocycles. The van der Waals surface area contributed by atoms with E-state index >= 15 is 0 Å². The van der Waals surface area contributed by atoms with Crippen LogP contribution < -0.4 is 0 Å². The minimum absolute atomic E-state index is 0.248. The Kier molecular flexibility index (Phi) is 3.44. The standard InChI is InChI=1S/C12H15BrO2/c1-8-10(3-2-4-11(8)13)12(14)9-5-6-15-7-9/h2-4,9,12,14H,5-7H2,1H3. The van der Waals surface area contributed by atoms with Crippen LogP contribution in [0.2, 0.25) is 0 Å². The number of aliphatic hydroxyl groups is 1. The van der Waals surface area contributed by atoms with Crippen LogP contribution in [-0.2, 0) is 4.74 Å². The second kappa shape index (κ2) is 4.64. The third-order valence-corrected chi connectivity index (χ3v) is 3.90. The molecule has 1 aromatic rings. The van der Waals surface area contributed by atoms with Gasteiger partial charge in [-0.25, -0.2) is 0 Å². The first-order chi connectivity index (χ1) is 7.20. The van der Waals surface area contributed by atoms with Crippen LogP contribution in [0, 0.1) is 12.8 Å². The van der Waals surface area contributed by atoms with Gasteiger partial charge in [0.25, 0.3) is 0 Å². The molecule has 0 radical (unpaired) electrons. The minimum Gasteiger partial charge on any atom is -0.388 e. The first-order valence-corrected chi connectivity index (χ1v) is 6.00. The number of benzene rings is 1. The van der Waals surface area contributed by atoms with Gasteiger partial charge in [-0.05, 0) is 30.5 Å². The lowest BCUT2D eigenvalue weighted by molar-refractivity contribution is 0.0913. The highest BCUT2D eigenvalue weighted by Gasteiger charge is 2.26. The summed E-state index contributed by atoms with van der Waals surface area (Å²) in [7, 11) is 0. The maximum Gasteiger partial charge on any atom is 0.0844 e. The van der Waals surface area contributed by atoms with Crippen LogP contribution in [0.15, 0.2) is 22.7 Å². The lowest BCUT2D eigenvalue weighted by Gasteiger charge is -2.19. The minimum atomic E-state index is -0.398. The predicted octanol–water partition coefficient (Wildman–Crippen LogP) is 2.83. The van der Waals surface area contributed by atoms with E-state index in [1.165, 1.54) is 0 Å². The molecule has 1 aromatic carbocycles. The van der Waals surface area contributed by atoms with Gasteiger partial charge < -0.3 is 9.84 Å². The molecule has 0 amide bonds. The molecule has 15 heavy (non-hydrogen) atoms. The summed E-state index contributed by atoms with van der Waals surface area (Å²) in [5.41, 5.74) is 2.14. The van der Waals surface area contributed by atoms with E-state index in [2.05, 4.69) is 15.9 Å². The Labute approximate surface area is 98.4 Å². The first kappa shape index (κ1) is 11.1. The molecule has 2 atom stereocenters. The van der Waals surface area contributed by atoms with E-state index < -0.39 is 6.10 Å². The predicted molar refractivity (Wildman–Crippen MR) is 62.8 cm³/mol. The highest BCUT2D eigenvalue weighted by molar-refractivity contribution is 9.10. The van der Waals surface area contributed by atoms with E-state index in [4.69, 9.17) is 4.74 Å². The average molecular weight is 271 g/mol. The van der Waals surface area contributed by atoms with Crippen molar-refractivity contribution in [3.05, 3.63) is 33.8 Å². The van der Waals surface area contributed by atoms with Gasteiger partial charge in [0, 0.05) is 17.0 Å². The van der Waals surface area contributed by atoms with Gasteiger partial charge in [0.05, 0.1) is 12.7 Å². The molecule has 0 aromatic heterocycles. The molecule has 0 saturated carbocycles. The lowest BCUT2D eigenvalue weighted by atomic mass is 9.92. The zero-order chi connectivity index (χ0) is 10.8. The maximum atomic E-state index is 10.2. The number of halogens is 1. The van der Waals surface area contributed by atoms with E-state index in [-0.39, 0.29) is 5.92 Å². The van der Waals surface area contributed by atoms with Gasteiger partial charge in [-0.15, -0.1) is 0 Å². The Morgan fingerprint density at radius 1 is 1.53 bits per heavy atom. The van der Waals surface area contributed by atoms with Crippen molar-refractivity contribution in [1.29, 1.82) is 0 Å². The van der Waals surface area contributed by atoms with Gasteiger partial charge in [0.1, 0.15) is 0 Å². The van der Waals surface area contributed by atoms with Gasteiger partial charge in [-0.1, -0.05) is 28.1 Å². The van der Waals surface area contributed by atoms with Crippen molar-refractivity contribution >= 4 is 15.9 Å². The largest absolute Gasteiger partial charge is 0.388 e. The van der Waals surface area contributed by atoms with Crippen LogP contribution >= 0.6 is 15.9 Å². The van der Waals surface area contributed by atoms with Gasteiger partial charge in [-0.3, -0.25) is 0 Å². The Hall–Kier alpha value is -0.380. The number of aliphatic hydroxyl groups excluding tert-OH is 1. The third-order valence-electron chi connectivity index (χ3n) is 3.04. The van der Waals surface area contributed by atoms with Crippen LogP contribution in [0.3, 0.4) is 0 Å². The molecule has 82 valence electrons. The van der Waals surface area contributed by atoms with Crippen molar-refractivity contribution in [3.8, 4) is 0 Å². The molecule has 2 nitrogen and oxygen atoms in total. The highest BCUT2D eigenvalue weighted by Crippen LogP contribution is 2.32. The Bertz CT molecular complexity index is 345. The zero-order valence-corrected chi connectivity index (χ0v) is 10.3. The summed E-state index contributed by atoms with van der Waals surface area (Å²) in [5, 5.41) is 10.2. The smallest absolute Gasteiger partial charge is 0.0844 e. The monoisotopic (exact) mass is 270 g/mol. The average Bonchev–Trinajstić information content (AvgIpc) is 2.74. The van der Waals surface area contributed by atoms with Gasteiger partial charge in [0.2, 0.25) is 0 Å². The van der Waals surface area contributed by atoms with Crippen molar-refractivity contribution in [2.45, 2.75) is 19.4 Å². The molecule has 1 fully saturated rings. The lowest BCUT2D eigenvalue weighted by Crippen LogP contribution is -2.13. The highest BCUT2D eigenvalue weighted by atomic mass is 79.9.